The lowest BCUT2D eigenvalue weighted by Gasteiger charge is -2.12. The van der Waals surface area contributed by atoms with E-state index in [1.165, 1.54) is 6.07 Å². The third-order valence-electron chi connectivity index (χ3n) is 3.58. The van der Waals surface area contributed by atoms with Gasteiger partial charge in [0.1, 0.15) is 16.4 Å². The quantitative estimate of drug-likeness (QED) is 0.935. The van der Waals surface area contributed by atoms with Crippen molar-refractivity contribution in [1.29, 1.82) is 0 Å². The minimum Gasteiger partial charge on any atom is -0.456 e. The van der Waals surface area contributed by atoms with E-state index in [2.05, 4.69) is 0 Å². The van der Waals surface area contributed by atoms with Crippen LogP contribution in [0.4, 0.5) is 0 Å². The number of ether oxygens (including phenoxy) is 1. The molecule has 0 saturated carbocycles. The van der Waals surface area contributed by atoms with Gasteiger partial charge in [-0.15, -0.1) is 0 Å². The Kier molecular flexibility index (Phi) is 3.50. The van der Waals surface area contributed by atoms with Crippen LogP contribution in [0.25, 0.3) is 0 Å². The summed E-state index contributed by atoms with van der Waals surface area (Å²) in [5, 5.41) is 0. The molecule has 1 atom stereocenters. The molecule has 0 heterocycles. The number of carbonyl (C=O) groups excluding carboxylic acids is 1. The largest absolute Gasteiger partial charge is 0.456 e. The van der Waals surface area contributed by atoms with Crippen LogP contribution in [0.15, 0.2) is 47.4 Å². The lowest BCUT2D eigenvalue weighted by Crippen LogP contribution is -2.26. The molecule has 114 valence electrons. The van der Waals surface area contributed by atoms with Crippen LogP contribution in [0.5, 0.6) is 11.5 Å². The van der Waals surface area contributed by atoms with E-state index in [9.17, 15) is 13.2 Å². The zero-order valence-electron chi connectivity index (χ0n) is 11.9. The van der Waals surface area contributed by atoms with Crippen molar-refractivity contribution in [2.24, 2.45) is 5.73 Å². The lowest BCUT2D eigenvalue weighted by molar-refractivity contribution is 0.0974. The van der Waals surface area contributed by atoms with Crippen molar-refractivity contribution in [2.75, 3.05) is 6.26 Å². The van der Waals surface area contributed by atoms with Gasteiger partial charge in [0, 0.05) is 11.8 Å². The van der Waals surface area contributed by atoms with E-state index in [0.717, 1.165) is 11.8 Å². The maximum atomic E-state index is 12.0. The predicted molar refractivity (Wildman–Crippen MR) is 82.1 cm³/mol. The van der Waals surface area contributed by atoms with Crippen molar-refractivity contribution < 1.29 is 17.9 Å². The molecule has 1 unspecified atom stereocenters. The molecule has 0 spiro atoms. The summed E-state index contributed by atoms with van der Waals surface area (Å²) >= 11 is 0. The average Bonchev–Trinajstić information content (AvgIpc) is 2.73. The summed E-state index contributed by atoms with van der Waals surface area (Å²) in [6.45, 7) is 0. The number of sulfone groups is 1. The first-order valence-electron chi connectivity index (χ1n) is 6.76. The summed E-state index contributed by atoms with van der Waals surface area (Å²) < 4.78 is 29.7. The normalized spacial score (nSPS) is 17.4. The van der Waals surface area contributed by atoms with Crippen LogP contribution in [0.2, 0.25) is 0 Å². The van der Waals surface area contributed by atoms with Gasteiger partial charge in [-0.2, -0.15) is 0 Å². The fourth-order valence-electron chi connectivity index (χ4n) is 2.51. The lowest BCUT2D eigenvalue weighted by atomic mass is 10.1. The molecule has 0 saturated heterocycles. The molecule has 0 radical (unpaired) electrons. The van der Waals surface area contributed by atoms with Gasteiger partial charge in [0.15, 0.2) is 15.6 Å². The highest BCUT2D eigenvalue weighted by molar-refractivity contribution is 7.90. The molecule has 6 heteroatoms. The van der Waals surface area contributed by atoms with E-state index in [4.69, 9.17) is 10.5 Å². The molecule has 3 rings (SSSR count). The van der Waals surface area contributed by atoms with Crippen molar-refractivity contribution in [1.82, 2.24) is 0 Å². The molecule has 0 fully saturated rings. The zero-order valence-corrected chi connectivity index (χ0v) is 12.8. The molecule has 2 aromatic rings. The van der Waals surface area contributed by atoms with E-state index in [1.807, 2.05) is 6.07 Å². The van der Waals surface area contributed by atoms with Gasteiger partial charge in [-0.25, -0.2) is 8.42 Å². The number of benzene rings is 2. The Morgan fingerprint density at radius 2 is 1.86 bits per heavy atom. The van der Waals surface area contributed by atoms with Gasteiger partial charge in [-0.05, 0) is 36.2 Å². The topological polar surface area (TPSA) is 86.5 Å². The van der Waals surface area contributed by atoms with E-state index in [0.29, 0.717) is 17.7 Å². The van der Waals surface area contributed by atoms with Crippen molar-refractivity contribution in [3.8, 4) is 11.5 Å². The van der Waals surface area contributed by atoms with Crippen LogP contribution < -0.4 is 10.5 Å². The first kappa shape index (κ1) is 14.7. The van der Waals surface area contributed by atoms with E-state index < -0.39 is 15.9 Å². The summed E-state index contributed by atoms with van der Waals surface area (Å²) in [6.07, 6.45) is 1.48. The number of hydrogen-bond acceptors (Lipinski definition) is 5. The number of hydrogen-bond donors (Lipinski definition) is 1. The molecule has 1 aliphatic rings. The third-order valence-corrected chi connectivity index (χ3v) is 4.70. The second-order valence-corrected chi connectivity index (χ2v) is 7.30. The van der Waals surface area contributed by atoms with Crippen molar-refractivity contribution >= 4 is 15.6 Å². The number of carbonyl (C=O) groups is 1. The highest BCUT2D eigenvalue weighted by atomic mass is 32.2. The summed E-state index contributed by atoms with van der Waals surface area (Å²) in [7, 11) is -3.53. The van der Waals surface area contributed by atoms with Gasteiger partial charge in [0.05, 0.1) is 6.04 Å². The Hall–Kier alpha value is -2.18. The summed E-state index contributed by atoms with van der Waals surface area (Å²) in [5.74, 6) is 0.515. The number of rotatable bonds is 3. The summed E-state index contributed by atoms with van der Waals surface area (Å²) in [5.41, 5.74) is 6.84. The van der Waals surface area contributed by atoms with Gasteiger partial charge in [0.2, 0.25) is 0 Å². The zero-order chi connectivity index (χ0) is 15.9. The van der Waals surface area contributed by atoms with Gasteiger partial charge in [-0.3, -0.25) is 4.79 Å². The number of fused-ring (bicyclic) bond motifs is 1. The molecule has 0 bridgehead atoms. The minimum atomic E-state index is -3.53. The molecule has 5 nitrogen and oxygen atoms in total. The van der Waals surface area contributed by atoms with Crippen LogP contribution in [0.3, 0.4) is 0 Å². The van der Waals surface area contributed by atoms with Gasteiger partial charge in [-0.1, -0.05) is 18.2 Å². The number of ketones is 1. The Balaban J connectivity index is 2.13. The standard InChI is InChI=1S/C16H15NO4S/c1-22(19,20)15-9-12-10(7-13(17)16(12)18)8-14(15)21-11-5-3-2-4-6-11/h2-6,8-9,13H,7,17H2,1H3. The first-order valence-corrected chi connectivity index (χ1v) is 8.65. The molecule has 22 heavy (non-hydrogen) atoms. The fraction of sp³-hybridized carbons (Fsp3) is 0.188. The molecule has 2 N–H and O–H groups in total. The van der Waals surface area contributed by atoms with Crippen LogP contribution in [-0.2, 0) is 16.3 Å². The van der Waals surface area contributed by atoms with Crippen LogP contribution >= 0.6 is 0 Å². The molecule has 1 aliphatic carbocycles. The van der Waals surface area contributed by atoms with Gasteiger partial charge >= 0.3 is 0 Å². The van der Waals surface area contributed by atoms with Crippen LogP contribution in [0, 0.1) is 0 Å². The molecule has 0 amide bonds. The fourth-order valence-corrected chi connectivity index (χ4v) is 3.31. The second-order valence-electron chi connectivity index (χ2n) is 5.32. The number of para-hydroxylation sites is 1. The van der Waals surface area contributed by atoms with E-state index in [-0.39, 0.29) is 16.4 Å². The number of Topliss-reactive ketones (excluding diaryl/α,β-unsaturated/α-hetero) is 1. The molecular weight excluding hydrogens is 302 g/mol. The van der Waals surface area contributed by atoms with Crippen LogP contribution in [-0.4, -0.2) is 26.5 Å². The van der Waals surface area contributed by atoms with Crippen molar-refractivity contribution in [3.63, 3.8) is 0 Å². The predicted octanol–water partition coefficient (Wildman–Crippen LogP) is 1.95. The SMILES string of the molecule is CS(=O)(=O)c1cc2c(cc1Oc1ccccc1)CC(N)C2=O. The maximum absolute atomic E-state index is 12.0. The van der Waals surface area contributed by atoms with Crippen molar-refractivity contribution in [2.45, 2.75) is 17.4 Å². The average molecular weight is 317 g/mol. The minimum absolute atomic E-state index is 0.00227. The Bertz CT molecular complexity index is 844. The number of nitrogens with two attached hydrogens (primary N) is 1. The Morgan fingerprint density at radius 3 is 2.50 bits per heavy atom. The first-order chi connectivity index (χ1) is 10.4. The molecule has 0 aromatic heterocycles. The smallest absolute Gasteiger partial charge is 0.180 e. The molecular formula is C16H15NO4S. The highest BCUT2D eigenvalue weighted by Gasteiger charge is 2.31. The third kappa shape index (κ3) is 2.63. The molecule has 2 aromatic carbocycles. The van der Waals surface area contributed by atoms with Gasteiger partial charge < -0.3 is 10.5 Å². The maximum Gasteiger partial charge on any atom is 0.180 e. The van der Waals surface area contributed by atoms with Crippen LogP contribution in [0.1, 0.15) is 15.9 Å². The Labute approximate surface area is 128 Å². The van der Waals surface area contributed by atoms with Gasteiger partial charge in [0.25, 0.3) is 0 Å². The Morgan fingerprint density at radius 1 is 1.18 bits per heavy atom. The second kappa shape index (κ2) is 5.23. The molecule has 0 aliphatic heterocycles. The summed E-state index contributed by atoms with van der Waals surface area (Å²) in [4.78, 5) is 12.0. The monoisotopic (exact) mass is 317 g/mol. The summed E-state index contributed by atoms with van der Waals surface area (Å²) in [6, 6.07) is 11.2. The highest BCUT2D eigenvalue weighted by Crippen LogP contribution is 2.35. The van der Waals surface area contributed by atoms with Crippen molar-refractivity contribution in [3.05, 3.63) is 53.6 Å². The van der Waals surface area contributed by atoms with E-state index in [1.54, 1.807) is 30.3 Å². The van der Waals surface area contributed by atoms with E-state index >= 15 is 0 Å².